The Balaban J connectivity index is 1.97. The first kappa shape index (κ1) is 19.6. The number of halogens is 1. The molecule has 0 unspecified atom stereocenters. The Morgan fingerprint density at radius 2 is 1.96 bits per heavy atom. The van der Waals surface area contributed by atoms with Crippen molar-refractivity contribution in [2.75, 3.05) is 13.7 Å². The second kappa shape index (κ2) is 9.65. The van der Waals surface area contributed by atoms with Crippen LogP contribution in [0.3, 0.4) is 0 Å². The minimum atomic E-state index is -0.0882. The normalized spacial score (nSPS) is 10.6. The van der Waals surface area contributed by atoms with Gasteiger partial charge in [0.15, 0.2) is 11.5 Å². The van der Waals surface area contributed by atoms with E-state index in [-0.39, 0.29) is 5.91 Å². The van der Waals surface area contributed by atoms with E-state index in [0.717, 1.165) is 21.3 Å². The molecule has 2 aromatic carbocycles. The van der Waals surface area contributed by atoms with Gasteiger partial charge in [-0.15, -0.1) is 0 Å². The molecule has 134 valence electrons. The van der Waals surface area contributed by atoms with Gasteiger partial charge in [0.25, 0.3) is 5.91 Å². The van der Waals surface area contributed by atoms with E-state index in [9.17, 15) is 4.79 Å². The van der Waals surface area contributed by atoms with Crippen molar-refractivity contribution in [2.24, 2.45) is 5.92 Å². The highest BCUT2D eigenvalue weighted by Crippen LogP contribution is 2.28. The molecule has 2 rings (SSSR count). The lowest BCUT2D eigenvalue weighted by atomic mass is 10.1. The van der Waals surface area contributed by atoms with Gasteiger partial charge in [-0.05, 0) is 70.8 Å². The third kappa shape index (κ3) is 6.23. The van der Waals surface area contributed by atoms with Crippen LogP contribution in [-0.2, 0) is 6.54 Å². The van der Waals surface area contributed by atoms with Crippen molar-refractivity contribution in [1.29, 1.82) is 0 Å². The Morgan fingerprint density at radius 3 is 2.64 bits per heavy atom. The van der Waals surface area contributed by atoms with Crippen molar-refractivity contribution in [1.82, 2.24) is 5.32 Å². The van der Waals surface area contributed by atoms with Gasteiger partial charge in [-0.25, -0.2) is 0 Å². The van der Waals surface area contributed by atoms with E-state index in [1.54, 1.807) is 7.11 Å². The number of carbonyl (C=O) groups excluding carboxylic acids is 1. The van der Waals surface area contributed by atoms with Gasteiger partial charge in [-0.1, -0.05) is 26.0 Å². The van der Waals surface area contributed by atoms with Gasteiger partial charge in [0.1, 0.15) is 0 Å². The molecule has 5 heteroatoms. The number of ether oxygens (including phenoxy) is 2. The summed E-state index contributed by atoms with van der Waals surface area (Å²) in [6.45, 7) is 5.43. The molecule has 0 aromatic heterocycles. The molecule has 25 heavy (non-hydrogen) atoms. The summed E-state index contributed by atoms with van der Waals surface area (Å²) in [5.74, 6) is 1.93. The fourth-order valence-corrected chi connectivity index (χ4v) is 2.80. The summed E-state index contributed by atoms with van der Waals surface area (Å²) in [6.07, 6.45) is 0.997. The predicted octanol–water partition coefficient (Wildman–Crippen LogP) is 4.65. The monoisotopic (exact) mass is 453 g/mol. The molecule has 0 atom stereocenters. The van der Waals surface area contributed by atoms with Crippen LogP contribution in [0.4, 0.5) is 0 Å². The maximum absolute atomic E-state index is 12.2. The molecule has 0 heterocycles. The highest BCUT2D eigenvalue weighted by Gasteiger charge is 2.09. The van der Waals surface area contributed by atoms with Crippen molar-refractivity contribution >= 4 is 28.5 Å². The van der Waals surface area contributed by atoms with E-state index in [4.69, 9.17) is 9.47 Å². The number of hydrogen-bond donors (Lipinski definition) is 1. The van der Waals surface area contributed by atoms with Crippen LogP contribution in [0.25, 0.3) is 0 Å². The standard InChI is InChI=1S/C20H24INO3/c1-14(2)9-10-25-18-8-7-15(11-19(18)24-3)13-22-20(23)16-5-4-6-17(21)12-16/h4-8,11-12,14H,9-10,13H2,1-3H3,(H,22,23). The molecule has 0 bridgehead atoms. The molecular formula is C20H24INO3. The van der Waals surface area contributed by atoms with Gasteiger partial charge in [0.05, 0.1) is 13.7 Å². The van der Waals surface area contributed by atoms with E-state index >= 15 is 0 Å². The lowest BCUT2D eigenvalue weighted by Gasteiger charge is -2.13. The summed E-state index contributed by atoms with van der Waals surface area (Å²) in [5.41, 5.74) is 1.62. The predicted molar refractivity (Wildman–Crippen MR) is 108 cm³/mol. The van der Waals surface area contributed by atoms with Crippen LogP contribution in [-0.4, -0.2) is 19.6 Å². The molecule has 0 saturated heterocycles. The average Bonchev–Trinajstić information content (AvgIpc) is 2.60. The molecule has 4 nitrogen and oxygen atoms in total. The highest BCUT2D eigenvalue weighted by atomic mass is 127. The quantitative estimate of drug-likeness (QED) is 0.592. The van der Waals surface area contributed by atoms with Crippen LogP contribution in [0.5, 0.6) is 11.5 Å². The molecule has 0 spiro atoms. The summed E-state index contributed by atoms with van der Waals surface area (Å²) in [7, 11) is 1.62. The zero-order valence-corrected chi connectivity index (χ0v) is 17.0. The summed E-state index contributed by atoms with van der Waals surface area (Å²) in [5, 5.41) is 2.93. The van der Waals surface area contributed by atoms with E-state index < -0.39 is 0 Å². The second-order valence-electron chi connectivity index (χ2n) is 6.21. The number of amides is 1. The SMILES string of the molecule is COc1cc(CNC(=O)c2cccc(I)c2)ccc1OCCC(C)C. The molecule has 2 aromatic rings. The Hall–Kier alpha value is -1.76. The Kier molecular flexibility index (Phi) is 7.55. The van der Waals surface area contributed by atoms with Gasteiger partial charge in [-0.2, -0.15) is 0 Å². The molecule has 0 aliphatic heterocycles. The second-order valence-corrected chi connectivity index (χ2v) is 7.45. The molecule has 1 amide bonds. The first-order valence-electron chi connectivity index (χ1n) is 8.33. The van der Waals surface area contributed by atoms with Crippen LogP contribution < -0.4 is 14.8 Å². The molecule has 0 fully saturated rings. The Morgan fingerprint density at radius 1 is 1.16 bits per heavy atom. The number of nitrogens with one attached hydrogen (secondary N) is 1. The van der Waals surface area contributed by atoms with E-state index in [0.29, 0.717) is 30.4 Å². The first-order chi connectivity index (χ1) is 12.0. The van der Waals surface area contributed by atoms with Gasteiger partial charge < -0.3 is 14.8 Å². The van der Waals surface area contributed by atoms with E-state index in [2.05, 4.69) is 41.8 Å². The molecule has 0 saturated carbocycles. The molecule has 0 aliphatic carbocycles. The van der Waals surface area contributed by atoms with Gasteiger partial charge in [-0.3, -0.25) is 4.79 Å². The van der Waals surface area contributed by atoms with Gasteiger partial charge in [0.2, 0.25) is 0 Å². The summed E-state index contributed by atoms with van der Waals surface area (Å²) in [6, 6.07) is 13.3. The lowest BCUT2D eigenvalue weighted by Crippen LogP contribution is -2.22. The van der Waals surface area contributed by atoms with Crippen LogP contribution in [0.1, 0.15) is 36.2 Å². The molecular weight excluding hydrogens is 429 g/mol. The molecule has 0 radical (unpaired) electrons. The summed E-state index contributed by atoms with van der Waals surface area (Å²) < 4.78 is 12.2. The number of rotatable bonds is 8. The van der Waals surface area contributed by atoms with Crippen molar-refractivity contribution < 1.29 is 14.3 Å². The maximum Gasteiger partial charge on any atom is 0.251 e. The van der Waals surface area contributed by atoms with Crippen LogP contribution in [0.15, 0.2) is 42.5 Å². The molecule has 0 aliphatic rings. The van der Waals surface area contributed by atoms with Crippen molar-refractivity contribution in [3.05, 3.63) is 57.2 Å². The third-order valence-corrected chi connectivity index (χ3v) is 4.39. The zero-order valence-electron chi connectivity index (χ0n) is 14.8. The fourth-order valence-electron chi connectivity index (χ4n) is 2.26. The number of hydrogen-bond acceptors (Lipinski definition) is 3. The minimum Gasteiger partial charge on any atom is -0.493 e. The van der Waals surface area contributed by atoms with Crippen molar-refractivity contribution in [3.8, 4) is 11.5 Å². The fraction of sp³-hybridized carbons (Fsp3) is 0.350. The van der Waals surface area contributed by atoms with E-state index in [1.807, 2.05) is 42.5 Å². The lowest BCUT2D eigenvalue weighted by molar-refractivity contribution is 0.0951. The Labute approximate surface area is 163 Å². The highest BCUT2D eigenvalue weighted by molar-refractivity contribution is 14.1. The average molecular weight is 453 g/mol. The largest absolute Gasteiger partial charge is 0.493 e. The number of carbonyl (C=O) groups is 1. The number of benzene rings is 2. The van der Waals surface area contributed by atoms with Crippen molar-refractivity contribution in [3.63, 3.8) is 0 Å². The topological polar surface area (TPSA) is 47.6 Å². The third-order valence-electron chi connectivity index (χ3n) is 3.72. The van der Waals surface area contributed by atoms with Gasteiger partial charge >= 0.3 is 0 Å². The summed E-state index contributed by atoms with van der Waals surface area (Å²) in [4.78, 5) is 12.2. The van der Waals surface area contributed by atoms with E-state index in [1.165, 1.54) is 0 Å². The molecule has 1 N–H and O–H groups in total. The van der Waals surface area contributed by atoms with Crippen LogP contribution in [0, 0.1) is 9.49 Å². The van der Waals surface area contributed by atoms with Crippen molar-refractivity contribution in [2.45, 2.75) is 26.8 Å². The van der Waals surface area contributed by atoms with Crippen LogP contribution >= 0.6 is 22.6 Å². The van der Waals surface area contributed by atoms with Crippen LogP contribution in [0.2, 0.25) is 0 Å². The Bertz CT molecular complexity index is 716. The first-order valence-corrected chi connectivity index (χ1v) is 9.41. The summed E-state index contributed by atoms with van der Waals surface area (Å²) >= 11 is 2.20. The van der Waals surface area contributed by atoms with Gasteiger partial charge in [0, 0.05) is 15.7 Å². The maximum atomic E-state index is 12.2. The zero-order chi connectivity index (χ0) is 18.2. The minimum absolute atomic E-state index is 0.0882. The smallest absolute Gasteiger partial charge is 0.251 e. The number of methoxy groups -OCH3 is 1.